The van der Waals surface area contributed by atoms with Crippen molar-refractivity contribution in [1.29, 1.82) is 0 Å². The molecule has 0 bridgehead atoms. The van der Waals surface area contributed by atoms with Crippen LogP contribution in [0.25, 0.3) is 22.8 Å². The molecule has 3 aromatic carbocycles. The molecule has 0 saturated heterocycles. The molecule has 1 radical (unpaired) electrons. The Balaban J connectivity index is 0.000000193. The van der Waals surface area contributed by atoms with Gasteiger partial charge in [0.2, 0.25) is 0 Å². The SMILES string of the molecule is CN1[CH-]N(Cc2[c-]cc(F)cc2F)c2ccccc21.Cc1n[n-]c(-c2ccccn2)n1.Fc1c[c-]c(-c2ccccn2)c(F)c1.[Ir+3].[Ir]. The summed E-state index contributed by atoms with van der Waals surface area (Å²) in [5.74, 6) is -1.20. The van der Waals surface area contributed by atoms with Gasteiger partial charge in [0, 0.05) is 73.0 Å². The molecule has 1 aliphatic heterocycles. The number of nitrogens with zero attached hydrogens (tertiary/aromatic N) is 7. The first kappa shape index (κ1) is 37.2. The van der Waals surface area contributed by atoms with Crippen LogP contribution in [-0.4, -0.2) is 27.1 Å². The largest absolute Gasteiger partial charge is 3.00 e. The number of pyridine rings is 2. The molecule has 7 rings (SSSR count). The summed E-state index contributed by atoms with van der Waals surface area (Å²) in [5, 5.41) is 7.65. The van der Waals surface area contributed by atoms with E-state index in [1.54, 1.807) is 37.5 Å². The maximum absolute atomic E-state index is 13.7. The van der Waals surface area contributed by atoms with Crippen LogP contribution in [0, 0.1) is 49.0 Å². The summed E-state index contributed by atoms with van der Waals surface area (Å²) < 4.78 is 52.3. The van der Waals surface area contributed by atoms with E-state index in [0.29, 0.717) is 29.5 Å². The quantitative estimate of drug-likeness (QED) is 0.140. The predicted octanol–water partition coefficient (Wildman–Crippen LogP) is 6.97. The Hall–Kier alpha value is -4.28. The van der Waals surface area contributed by atoms with Gasteiger partial charge in [0.25, 0.3) is 0 Å². The molecule has 6 aromatic rings. The average Bonchev–Trinajstić information content (AvgIpc) is 3.63. The minimum absolute atomic E-state index is 0. The van der Waals surface area contributed by atoms with Gasteiger partial charge in [-0.15, -0.1) is 29.8 Å². The van der Waals surface area contributed by atoms with Crippen molar-refractivity contribution in [2.45, 2.75) is 13.5 Å². The Morgan fingerprint density at radius 2 is 1.38 bits per heavy atom. The van der Waals surface area contributed by atoms with Gasteiger partial charge in [-0.25, -0.2) is 0 Å². The molecule has 0 fully saturated rings. The van der Waals surface area contributed by atoms with Crippen LogP contribution in [0.1, 0.15) is 11.4 Å². The molecule has 0 unspecified atom stereocenters. The van der Waals surface area contributed by atoms with E-state index in [0.717, 1.165) is 41.3 Å². The zero-order chi connectivity index (χ0) is 31.8. The molecule has 0 saturated carbocycles. The Kier molecular flexibility index (Phi) is 13.9. The molecule has 47 heavy (non-hydrogen) atoms. The summed E-state index contributed by atoms with van der Waals surface area (Å²) in [5.41, 5.74) is 3.81. The fraction of sp³-hybridized carbons (Fsp3) is 0.0882. The van der Waals surface area contributed by atoms with Gasteiger partial charge in [-0.2, -0.15) is 12.7 Å². The van der Waals surface area contributed by atoms with Gasteiger partial charge in [0.15, 0.2) is 0 Å². The van der Waals surface area contributed by atoms with Crippen molar-refractivity contribution in [2.24, 2.45) is 0 Å². The minimum atomic E-state index is -0.649. The number of rotatable bonds is 4. The number of fused-ring (bicyclic) bond motifs is 1. The van der Waals surface area contributed by atoms with Crippen molar-refractivity contribution in [2.75, 3.05) is 16.8 Å². The third-order valence-electron chi connectivity index (χ3n) is 6.38. The molecular formula is C34H25F4Ir2N7-. The van der Waals surface area contributed by atoms with Gasteiger partial charge in [0.1, 0.15) is 0 Å². The molecule has 4 heterocycles. The minimum Gasteiger partial charge on any atom is -0.504 e. The summed E-state index contributed by atoms with van der Waals surface area (Å²) in [6.07, 6.45) is 3.26. The van der Waals surface area contributed by atoms with Crippen LogP contribution in [0.15, 0.2) is 97.3 Å². The maximum Gasteiger partial charge on any atom is 3.00 e. The van der Waals surface area contributed by atoms with E-state index in [1.165, 1.54) is 0 Å². The fourth-order valence-electron chi connectivity index (χ4n) is 4.30. The monoisotopic (exact) mass is 993 g/mol. The van der Waals surface area contributed by atoms with Gasteiger partial charge < -0.3 is 24.9 Å². The molecule has 0 amide bonds. The van der Waals surface area contributed by atoms with E-state index in [1.807, 2.05) is 66.0 Å². The number of aryl methyl sites for hydroxylation is 1. The summed E-state index contributed by atoms with van der Waals surface area (Å²) in [6.45, 7) is 4.02. The standard InChI is InChI=1S/C15H12F2N2.C11H6F2N.C8H7N4.2Ir/c1-18-10-19(15-5-3-2-4-14(15)18)9-11-6-7-12(16)8-13(11)17;12-8-4-5-9(10(13)7-8)11-3-1-2-6-14-11;1-6-10-8(12-11-6)7-4-2-3-5-9-7;;/h2-5,7-8,10H,9H2,1H3;1-4,6-7H;2-5H,1H3;;/q-2;2*-1;;+3. The molecule has 3 aromatic heterocycles. The second-order valence-corrected chi connectivity index (χ2v) is 9.64. The smallest absolute Gasteiger partial charge is 0.504 e. The summed E-state index contributed by atoms with van der Waals surface area (Å²) in [7, 11) is 1.93. The summed E-state index contributed by atoms with van der Waals surface area (Å²) in [4.78, 5) is 16.0. The first-order valence-electron chi connectivity index (χ1n) is 13.6. The van der Waals surface area contributed by atoms with Crippen LogP contribution >= 0.6 is 0 Å². The number of aromatic nitrogens is 5. The van der Waals surface area contributed by atoms with E-state index >= 15 is 0 Å². The van der Waals surface area contributed by atoms with Crippen molar-refractivity contribution in [3.05, 3.63) is 151 Å². The van der Waals surface area contributed by atoms with Crippen molar-refractivity contribution in [3.8, 4) is 22.8 Å². The van der Waals surface area contributed by atoms with Crippen LogP contribution in [0.5, 0.6) is 0 Å². The van der Waals surface area contributed by atoms with E-state index in [-0.39, 0.29) is 45.8 Å². The van der Waals surface area contributed by atoms with E-state index in [2.05, 4.69) is 37.3 Å². The van der Waals surface area contributed by atoms with Gasteiger partial charge >= 0.3 is 20.1 Å². The third-order valence-corrected chi connectivity index (χ3v) is 6.38. The van der Waals surface area contributed by atoms with Gasteiger partial charge in [-0.1, -0.05) is 42.0 Å². The zero-order valence-electron chi connectivity index (χ0n) is 24.8. The molecule has 0 atom stereocenters. The molecule has 1 aliphatic rings. The normalized spacial score (nSPS) is 11.2. The first-order valence-corrected chi connectivity index (χ1v) is 13.6. The maximum atomic E-state index is 13.7. The molecule has 7 nitrogen and oxygen atoms in total. The number of benzene rings is 3. The Morgan fingerprint density at radius 1 is 0.787 bits per heavy atom. The Bertz CT molecular complexity index is 1860. The molecule has 243 valence electrons. The number of para-hydroxylation sites is 2. The van der Waals surface area contributed by atoms with E-state index in [9.17, 15) is 17.6 Å². The number of anilines is 2. The van der Waals surface area contributed by atoms with Gasteiger partial charge in [0.05, 0.1) is 5.69 Å². The van der Waals surface area contributed by atoms with Crippen LogP contribution in [0.2, 0.25) is 0 Å². The van der Waals surface area contributed by atoms with E-state index in [4.69, 9.17) is 0 Å². The summed E-state index contributed by atoms with van der Waals surface area (Å²) >= 11 is 0. The Labute approximate surface area is 296 Å². The predicted molar refractivity (Wildman–Crippen MR) is 162 cm³/mol. The second kappa shape index (κ2) is 17.6. The van der Waals surface area contributed by atoms with Crippen molar-refractivity contribution in [3.63, 3.8) is 0 Å². The molecule has 13 heteroatoms. The number of halogens is 4. The average molecular weight is 992 g/mol. The molecular weight excluding hydrogens is 967 g/mol. The van der Waals surface area contributed by atoms with E-state index < -0.39 is 23.3 Å². The van der Waals surface area contributed by atoms with Crippen molar-refractivity contribution >= 4 is 11.4 Å². The summed E-state index contributed by atoms with van der Waals surface area (Å²) in [6, 6.07) is 27.7. The topological polar surface area (TPSA) is 72.1 Å². The van der Waals surface area contributed by atoms with Crippen molar-refractivity contribution in [1.82, 2.24) is 25.1 Å². The molecule has 0 N–H and O–H groups in total. The number of hydrogen-bond donors (Lipinski definition) is 0. The fourth-order valence-corrected chi connectivity index (χ4v) is 4.30. The van der Waals surface area contributed by atoms with Crippen LogP contribution in [0.4, 0.5) is 28.9 Å². The second-order valence-electron chi connectivity index (χ2n) is 9.64. The van der Waals surface area contributed by atoms with Gasteiger partial charge in [-0.05, 0) is 62.4 Å². The van der Waals surface area contributed by atoms with Crippen molar-refractivity contribution < 1.29 is 57.8 Å². The van der Waals surface area contributed by atoms with Crippen LogP contribution in [0.3, 0.4) is 0 Å². The first-order chi connectivity index (χ1) is 21.8. The Morgan fingerprint density at radius 3 is 1.96 bits per heavy atom. The third kappa shape index (κ3) is 9.86. The van der Waals surface area contributed by atoms with Crippen LogP contribution < -0.4 is 14.9 Å². The molecule has 0 aliphatic carbocycles. The zero-order valence-corrected chi connectivity index (χ0v) is 29.6. The molecule has 0 spiro atoms. The number of hydrogen-bond acceptors (Lipinski definition) is 6. The van der Waals surface area contributed by atoms with Crippen LogP contribution in [-0.2, 0) is 46.8 Å². The van der Waals surface area contributed by atoms with Gasteiger partial charge in [-0.3, -0.25) is 27.6 Å².